The number of nitrogens with zero attached hydrogens (tertiary/aromatic N) is 1. The maximum absolute atomic E-state index is 12.4. The zero-order valence-electron chi connectivity index (χ0n) is 18.4. The molecule has 0 unspecified atom stereocenters. The van der Waals surface area contributed by atoms with Gasteiger partial charge < -0.3 is 20.1 Å². The normalized spacial score (nSPS) is 10.7. The number of carbonyl (C=O) groups excluding carboxylic acids is 2. The van der Waals surface area contributed by atoms with Crippen molar-refractivity contribution in [1.29, 1.82) is 5.26 Å². The van der Waals surface area contributed by atoms with Crippen molar-refractivity contribution in [3.8, 4) is 17.6 Å². The van der Waals surface area contributed by atoms with Gasteiger partial charge in [-0.15, -0.1) is 0 Å². The number of nitriles is 1. The number of ether oxygens (including phenoxy) is 2. The standard InChI is InChI=1S/C26H22BrN3O4/c1-33-22-10-8-21(9-11-22)30-25(31)17-34-24-12-7-19(14-23(24)27)13-20(15-28)26(32)29-16-18-5-3-2-4-6-18/h2-14H,16-17H2,1H3,(H,29,32)(H,30,31)/b20-13+. The molecule has 0 atom stereocenters. The van der Waals surface area contributed by atoms with Gasteiger partial charge in [0.2, 0.25) is 0 Å². The second kappa shape index (κ2) is 12.2. The Morgan fingerprint density at radius 3 is 2.44 bits per heavy atom. The summed E-state index contributed by atoms with van der Waals surface area (Å²) in [4.78, 5) is 24.5. The van der Waals surface area contributed by atoms with Crippen molar-refractivity contribution in [1.82, 2.24) is 5.32 Å². The molecule has 172 valence electrons. The molecule has 2 N–H and O–H groups in total. The number of halogens is 1. The molecule has 0 aromatic heterocycles. The van der Waals surface area contributed by atoms with Crippen LogP contribution in [0.5, 0.6) is 11.5 Å². The van der Waals surface area contributed by atoms with Gasteiger partial charge in [-0.25, -0.2) is 0 Å². The van der Waals surface area contributed by atoms with Crippen LogP contribution in [0.15, 0.2) is 82.8 Å². The van der Waals surface area contributed by atoms with E-state index in [9.17, 15) is 14.9 Å². The second-order valence-corrected chi connectivity index (χ2v) is 7.95. The first-order valence-electron chi connectivity index (χ1n) is 10.3. The number of benzene rings is 3. The monoisotopic (exact) mass is 519 g/mol. The molecule has 34 heavy (non-hydrogen) atoms. The molecule has 0 fully saturated rings. The van der Waals surface area contributed by atoms with Gasteiger partial charge in [0.15, 0.2) is 6.61 Å². The van der Waals surface area contributed by atoms with Crippen molar-refractivity contribution < 1.29 is 19.1 Å². The first-order chi connectivity index (χ1) is 16.5. The third-order valence-corrected chi connectivity index (χ3v) is 5.28. The fraction of sp³-hybridized carbons (Fsp3) is 0.115. The third kappa shape index (κ3) is 7.22. The molecule has 0 heterocycles. The van der Waals surface area contributed by atoms with Crippen LogP contribution in [-0.2, 0) is 16.1 Å². The Hall–Kier alpha value is -4.09. The largest absolute Gasteiger partial charge is 0.497 e. The van der Waals surface area contributed by atoms with E-state index < -0.39 is 5.91 Å². The molecule has 2 amide bonds. The van der Waals surface area contributed by atoms with E-state index in [1.165, 1.54) is 6.08 Å². The summed E-state index contributed by atoms with van der Waals surface area (Å²) in [5.74, 6) is 0.371. The average molecular weight is 520 g/mol. The van der Waals surface area contributed by atoms with Crippen LogP contribution in [0, 0.1) is 11.3 Å². The van der Waals surface area contributed by atoms with Crippen molar-refractivity contribution >= 4 is 39.5 Å². The smallest absolute Gasteiger partial charge is 0.262 e. The SMILES string of the molecule is COc1ccc(NC(=O)COc2ccc(/C=C(\C#N)C(=O)NCc3ccccc3)cc2Br)cc1. The minimum Gasteiger partial charge on any atom is -0.497 e. The molecule has 7 nitrogen and oxygen atoms in total. The van der Waals surface area contributed by atoms with Crippen LogP contribution < -0.4 is 20.1 Å². The van der Waals surface area contributed by atoms with Gasteiger partial charge in [0.25, 0.3) is 11.8 Å². The minimum absolute atomic E-state index is 0.0182. The van der Waals surface area contributed by atoms with Gasteiger partial charge >= 0.3 is 0 Å². The lowest BCUT2D eigenvalue weighted by Gasteiger charge is -2.10. The van der Waals surface area contributed by atoms with Crippen LogP contribution in [0.3, 0.4) is 0 Å². The zero-order valence-corrected chi connectivity index (χ0v) is 20.0. The first-order valence-corrected chi connectivity index (χ1v) is 11.1. The van der Waals surface area contributed by atoms with Crippen molar-refractivity contribution in [3.05, 3.63) is 94.0 Å². The Morgan fingerprint density at radius 2 is 1.79 bits per heavy atom. The fourth-order valence-corrected chi connectivity index (χ4v) is 3.44. The van der Waals surface area contributed by atoms with Gasteiger partial charge in [0, 0.05) is 12.2 Å². The number of carbonyl (C=O) groups is 2. The van der Waals surface area contributed by atoms with Crippen LogP contribution in [0.1, 0.15) is 11.1 Å². The molecule has 0 saturated carbocycles. The first kappa shape index (κ1) is 24.6. The highest BCUT2D eigenvalue weighted by Gasteiger charge is 2.11. The van der Waals surface area contributed by atoms with E-state index in [-0.39, 0.29) is 18.1 Å². The fourth-order valence-electron chi connectivity index (χ4n) is 2.93. The van der Waals surface area contributed by atoms with Crippen LogP contribution in [0.25, 0.3) is 6.08 Å². The minimum atomic E-state index is -0.460. The van der Waals surface area contributed by atoms with E-state index in [4.69, 9.17) is 9.47 Å². The Kier molecular flexibility index (Phi) is 8.83. The number of nitrogens with one attached hydrogen (secondary N) is 2. The van der Waals surface area contributed by atoms with Crippen molar-refractivity contribution in [2.75, 3.05) is 19.0 Å². The van der Waals surface area contributed by atoms with Gasteiger partial charge in [-0.1, -0.05) is 36.4 Å². The summed E-state index contributed by atoms with van der Waals surface area (Å²) in [6, 6.07) is 23.4. The molecule has 0 aliphatic carbocycles. The summed E-state index contributed by atoms with van der Waals surface area (Å²) in [7, 11) is 1.57. The number of hydrogen-bond acceptors (Lipinski definition) is 5. The highest BCUT2D eigenvalue weighted by molar-refractivity contribution is 9.10. The van der Waals surface area contributed by atoms with E-state index in [1.807, 2.05) is 36.4 Å². The lowest BCUT2D eigenvalue weighted by Crippen LogP contribution is -2.23. The van der Waals surface area contributed by atoms with E-state index in [0.717, 1.165) is 5.56 Å². The highest BCUT2D eigenvalue weighted by Crippen LogP contribution is 2.27. The van der Waals surface area contributed by atoms with Gasteiger partial charge in [-0.3, -0.25) is 9.59 Å². The van der Waals surface area contributed by atoms with Crippen LogP contribution in [0.2, 0.25) is 0 Å². The highest BCUT2D eigenvalue weighted by atomic mass is 79.9. The maximum atomic E-state index is 12.4. The Bertz CT molecular complexity index is 1220. The molecule has 0 radical (unpaired) electrons. The summed E-state index contributed by atoms with van der Waals surface area (Å²) in [5, 5.41) is 14.9. The Morgan fingerprint density at radius 1 is 1.06 bits per heavy atom. The van der Waals surface area contributed by atoms with Gasteiger partial charge in [-0.2, -0.15) is 5.26 Å². The number of amides is 2. The molecule has 3 rings (SSSR count). The maximum Gasteiger partial charge on any atom is 0.262 e. The molecular weight excluding hydrogens is 498 g/mol. The predicted octanol–water partition coefficient (Wildman–Crippen LogP) is 4.70. The number of hydrogen-bond donors (Lipinski definition) is 2. The molecule has 0 aliphatic rings. The van der Waals surface area contributed by atoms with Crippen LogP contribution in [-0.4, -0.2) is 25.5 Å². The average Bonchev–Trinajstić information content (AvgIpc) is 2.86. The molecule has 3 aromatic rings. The molecule has 8 heteroatoms. The zero-order chi connectivity index (χ0) is 24.3. The summed E-state index contributed by atoms with van der Waals surface area (Å²) >= 11 is 3.41. The second-order valence-electron chi connectivity index (χ2n) is 7.09. The molecule has 0 spiro atoms. The van der Waals surface area contributed by atoms with Crippen molar-refractivity contribution in [2.24, 2.45) is 0 Å². The third-order valence-electron chi connectivity index (χ3n) is 4.66. The summed E-state index contributed by atoms with van der Waals surface area (Å²) < 4.78 is 11.3. The van der Waals surface area contributed by atoms with E-state index >= 15 is 0 Å². The van der Waals surface area contributed by atoms with E-state index in [2.05, 4.69) is 26.6 Å². The summed E-state index contributed by atoms with van der Waals surface area (Å²) in [5.41, 5.74) is 2.18. The van der Waals surface area contributed by atoms with Crippen molar-refractivity contribution in [2.45, 2.75) is 6.54 Å². The lowest BCUT2D eigenvalue weighted by molar-refractivity contribution is -0.118. The Balaban J connectivity index is 1.57. The lowest BCUT2D eigenvalue weighted by atomic mass is 10.1. The molecular formula is C26H22BrN3O4. The van der Waals surface area contributed by atoms with Crippen LogP contribution in [0.4, 0.5) is 5.69 Å². The van der Waals surface area contributed by atoms with Crippen molar-refractivity contribution in [3.63, 3.8) is 0 Å². The molecule has 3 aromatic carbocycles. The number of anilines is 1. The topological polar surface area (TPSA) is 100 Å². The summed E-state index contributed by atoms with van der Waals surface area (Å²) in [6.07, 6.45) is 1.49. The van der Waals surface area contributed by atoms with Gasteiger partial charge in [0.05, 0.1) is 11.6 Å². The quantitative estimate of drug-likeness (QED) is 0.315. The molecule has 0 bridgehead atoms. The molecule has 0 aliphatic heterocycles. The number of rotatable bonds is 9. The van der Waals surface area contributed by atoms with Crippen LogP contribution >= 0.6 is 15.9 Å². The van der Waals surface area contributed by atoms with E-state index in [1.54, 1.807) is 49.6 Å². The summed E-state index contributed by atoms with van der Waals surface area (Å²) in [6.45, 7) is 0.138. The van der Waals surface area contributed by atoms with Gasteiger partial charge in [-0.05, 0) is 69.5 Å². The predicted molar refractivity (Wildman–Crippen MR) is 133 cm³/mol. The Labute approximate surface area is 206 Å². The van der Waals surface area contributed by atoms with Gasteiger partial charge in [0.1, 0.15) is 23.1 Å². The molecule has 0 saturated heterocycles. The van der Waals surface area contributed by atoms with E-state index in [0.29, 0.717) is 33.8 Å². The number of methoxy groups -OCH3 is 1.